The maximum atomic E-state index is 13.6. The number of hydrogen-bond acceptors (Lipinski definition) is 4. The summed E-state index contributed by atoms with van der Waals surface area (Å²) in [6, 6.07) is 14.3. The lowest BCUT2D eigenvalue weighted by Gasteiger charge is -2.18. The van der Waals surface area contributed by atoms with Crippen LogP contribution in [0.3, 0.4) is 0 Å². The molecule has 2 aromatic carbocycles. The second-order valence-electron chi connectivity index (χ2n) is 8.26. The number of alkyl halides is 2. The van der Waals surface area contributed by atoms with E-state index in [1.165, 1.54) is 25.1 Å². The van der Waals surface area contributed by atoms with Gasteiger partial charge >= 0.3 is 0 Å². The third-order valence-corrected chi connectivity index (χ3v) is 5.36. The zero-order chi connectivity index (χ0) is 25.0. The van der Waals surface area contributed by atoms with Crippen molar-refractivity contribution in [3.63, 3.8) is 0 Å². The molecule has 0 fully saturated rings. The minimum Gasteiger partial charge on any atom is -0.325 e. The van der Waals surface area contributed by atoms with Gasteiger partial charge in [-0.3, -0.25) is 14.6 Å². The van der Waals surface area contributed by atoms with Gasteiger partial charge in [0.1, 0.15) is 0 Å². The molecule has 1 aromatic heterocycles. The standard InChI is InChI=1S/C26H26F2N4O2.H2/c1-15-10-11-20(14-21(15)23-16(2)7-6-12-30-23)32-25(34)22(17(3)29)24(33)31-19-9-5-8-18(13-19)26(4,27)28;/h5-14,22,29H,1-4H3,(H,31,33)(H,32,34);1H. The molecule has 0 spiro atoms. The summed E-state index contributed by atoms with van der Waals surface area (Å²) in [5, 5.41) is 13.1. The Morgan fingerprint density at radius 3 is 2.21 bits per heavy atom. The quantitative estimate of drug-likeness (QED) is 0.296. The van der Waals surface area contributed by atoms with Gasteiger partial charge in [0.2, 0.25) is 11.8 Å². The smallest absolute Gasteiger partial charge is 0.270 e. The van der Waals surface area contributed by atoms with E-state index in [-0.39, 0.29) is 18.4 Å². The Morgan fingerprint density at radius 2 is 1.62 bits per heavy atom. The highest BCUT2D eigenvalue weighted by atomic mass is 19.3. The molecule has 0 radical (unpaired) electrons. The van der Waals surface area contributed by atoms with Crippen LogP contribution in [0.25, 0.3) is 11.3 Å². The Kier molecular flexibility index (Phi) is 7.20. The predicted molar refractivity (Wildman–Crippen MR) is 131 cm³/mol. The molecular weight excluding hydrogens is 438 g/mol. The fraction of sp³-hybridized carbons (Fsp3) is 0.231. The molecule has 0 aliphatic heterocycles. The van der Waals surface area contributed by atoms with Crippen molar-refractivity contribution in [3.05, 3.63) is 77.5 Å². The Morgan fingerprint density at radius 1 is 0.971 bits per heavy atom. The summed E-state index contributed by atoms with van der Waals surface area (Å²) in [7, 11) is 0. The summed E-state index contributed by atoms with van der Waals surface area (Å²) in [6.07, 6.45) is 1.69. The van der Waals surface area contributed by atoms with Crippen LogP contribution in [0, 0.1) is 25.2 Å². The molecule has 178 valence electrons. The first-order valence-corrected chi connectivity index (χ1v) is 10.6. The fourth-order valence-corrected chi connectivity index (χ4v) is 3.53. The Hall–Kier alpha value is -3.94. The van der Waals surface area contributed by atoms with E-state index >= 15 is 0 Å². The summed E-state index contributed by atoms with van der Waals surface area (Å²) < 4.78 is 27.2. The van der Waals surface area contributed by atoms with Crippen LogP contribution >= 0.6 is 0 Å². The highest BCUT2D eigenvalue weighted by Gasteiger charge is 2.30. The minimum absolute atomic E-state index is 0. The van der Waals surface area contributed by atoms with Crippen LogP contribution in [-0.2, 0) is 15.5 Å². The maximum absolute atomic E-state index is 13.6. The second-order valence-corrected chi connectivity index (χ2v) is 8.26. The Balaban J connectivity index is 0.00000432. The number of aryl methyl sites for hydroxylation is 2. The second kappa shape index (κ2) is 9.91. The van der Waals surface area contributed by atoms with E-state index in [4.69, 9.17) is 5.41 Å². The van der Waals surface area contributed by atoms with Crippen molar-refractivity contribution in [2.24, 2.45) is 5.92 Å². The first kappa shape index (κ1) is 24.7. The number of hydrogen-bond donors (Lipinski definition) is 3. The van der Waals surface area contributed by atoms with Gasteiger partial charge in [0.05, 0.1) is 5.69 Å². The molecule has 8 heteroatoms. The molecule has 0 aliphatic rings. The normalized spacial score (nSPS) is 12.1. The molecule has 6 nitrogen and oxygen atoms in total. The number of nitrogens with one attached hydrogen (secondary N) is 3. The number of aromatic nitrogens is 1. The zero-order valence-corrected chi connectivity index (χ0v) is 19.4. The van der Waals surface area contributed by atoms with Crippen LogP contribution in [0.2, 0.25) is 0 Å². The molecule has 1 heterocycles. The number of amides is 2. The number of rotatable bonds is 7. The topological polar surface area (TPSA) is 94.9 Å². The summed E-state index contributed by atoms with van der Waals surface area (Å²) in [4.78, 5) is 30.2. The maximum Gasteiger partial charge on any atom is 0.270 e. The molecule has 0 saturated heterocycles. The van der Waals surface area contributed by atoms with Gasteiger partial charge in [-0.2, -0.15) is 0 Å². The highest BCUT2D eigenvalue weighted by molar-refractivity contribution is 6.24. The van der Waals surface area contributed by atoms with Crippen LogP contribution in [0.5, 0.6) is 0 Å². The van der Waals surface area contributed by atoms with Crippen molar-refractivity contribution < 1.29 is 19.8 Å². The first-order valence-electron chi connectivity index (χ1n) is 10.6. The number of anilines is 2. The summed E-state index contributed by atoms with van der Waals surface area (Å²) in [6.45, 7) is 5.97. The van der Waals surface area contributed by atoms with E-state index < -0.39 is 23.7 Å². The van der Waals surface area contributed by atoms with Gasteiger partial charge in [0.15, 0.2) is 5.92 Å². The van der Waals surface area contributed by atoms with E-state index in [2.05, 4.69) is 15.6 Å². The van der Waals surface area contributed by atoms with Crippen molar-refractivity contribution in [2.45, 2.75) is 33.6 Å². The Bertz CT molecular complexity index is 1260. The lowest BCUT2D eigenvalue weighted by Crippen LogP contribution is -2.38. The van der Waals surface area contributed by atoms with E-state index in [1.807, 2.05) is 32.0 Å². The van der Waals surface area contributed by atoms with Gasteiger partial charge in [-0.05, 0) is 62.2 Å². The van der Waals surface area contributed by atoms with Gasteiger partial charge < -0.3 is 16.0 Å². The molecule has 3 rings (SSSR count). The molecule has 0 aliphatic carbocycles. The molecule has 3 N–H and O–H groups in total. The van der Waals surface area contributed by atoms with Crippen LogP contribution in [0.15, 0.2) is 60.8 Å². The SMILES string of the molecule is CC(=N)C(C(=O)Nc1cccc(C(C)(F)F)c1)C(=O)Nc1ccc(C)c(-c2ncccc2C)c1.[HH]. The summed E-state index contributed by atoms with van der Waals surface area (Å²) in [5.41, 5.74) is 3.66. The highest BCUT2D eigenvalue weighted by Crippen LogP contribution is 2.29. The average molecular weight is 467 g/mol. The first-order chi connectivity index (χ1) is 16.0. The number of carbonyl (C=O) groups is 2. The molecule has 2 amide bonds. The lowest BCUT2D eigenvalue weighted by molar-refractivity contribution is -0.126. The summed E-state index contributed by atoms with van der Waals surface area (Å²) >= 11 is 0. The molecule has 34 heavy (non-hydrogen) atoms. The number of carbonyl (C=O) groups excluding carboxylic acids is 2. The molecule has 0 saturated carbocycles. The van der Waals surface area contributed by atoms with E-state index in [9.17, 15) is 18.4 Å². The van der Waals surface area contributed by atoms with Crippen LogP contribution in [-0.4, -0.2) is 22.5 Å². The summed E-state index contributed by atoms with van der Waals surface area (Å²) in [5.74, 6) is -6.00. The van der Waals surface area contributed by atoms with Crippen LogP contribution in [0.4, 0.5) is 20.2 Å². The van der Waals surface area contributed by atoms with Gasteiger partial charge in [0.25, 0.3) is 5.92 Å². The van der Waals surface area contributed by atoms with E-state index in [0.29, 0.717) is 5.69 Å². The molecule has 3 aromatic rings. The van der Waals surface area contributed by atoms with Gasteiger partial charge in [-0.25, -0.2) is 8.78 Å². The monoisotopic (exact) mass is 466 g/mol. The van der Waals surface area contributed by atoms with Gasteiger partial charge in [-0.1, -0.05) is 24.3 Å². The van der Waals surface area contributed by atoms with E-state index in [0.717, 1.165) is 35.4 Å². The third-order valence-electron chi connectivity index (χ3n) is 5.36. The largest absolute Gasteiger partial charge is 0.325 e. The minimum atomic E-state index is -3.08. The average Bonchev–Trinajstić information content (AvgIpc) is 2.75. The molecule has 1 unspecified atom stereocenters. The number of halogens is 2. The van der Waals surface area contributed by atoms with E-state index in [1.54, 1.807) is 18.3 Å². The third kappa shape index (κ3) is 5.70. The molecular formula is C26H28F2N4O2. The van der Waals surface area contributed by atoms with Crippen molar-refractivity contribution in [1.82, 2.24) is 4.98 Å². The zero-order valence-electron chi connectivity index (χ0n) is 19.4. The lowest BCUT2D eigenvalue weighted by atomic mass is 9.99. The number of benzene rings is 2. The van der Waals surface area contributed by atoms with Gasteiger partial charge in [-0.15, -0.1) is 0 Å². The predicted octanol–water partition coefficient (Wildman–Crippen LogP) is 5.96. The number of pyridine rings is 1. The van der Waals surface area contributed by atoms with Crippen molar-refractivity contribution in [2.75, 3.05) is 10.6 Å². The van der Waals surface area contributed by atoms with Crippen LogP contribution in [0.1, 0.15) is 32.0 Å². The van der Waals surface area contributed by atoms with Crippen molar-refractivity contribution in [3.8, 4) is 11.3 Å². The Labute approximate surface area is 198 Å². The molecule has 0 bridgehead atoms. The van der Waals surface area contributed by atoms with Crippen LogP contribution < -0.4 is 10.6 Å². The van der Waals surface area contributed by atoms with Crippen molar-refractivity contribution >= 4 is 28.9 Å². The number of nitrogens with zero attached hydrogens (tertiary/aromatic N) is 1. The molecule has 1 atom stereocenters. The van der Waals surface area contributed by atoms with Gasteiger partial charge in [0, 0.05) is 42.8 Å². The fourth-order valence-electron chi connectivity index (χ4n) is 3.53. The van der Waals surface area contributed by atoms with Crippen molar-refractivity contribution in [1.29, 1.82) is 5.41 Å².